The van der Waals surface area contributed by atoms with Crippen molar-refractivity contribution in [3.05, 3.63) is 29.8 Å². The van der Waals surface area contributed by atoms with E-state index in [9.17, 15) is 0 Å². The van der Waals surface area contributed by atoms with E-state index < -0.39 is 0 Å². The lowest BCUT2D eigenvalue weighted by Crippen LogP contribution is -2.04. The van der Waals surface area contributed by atoms with Crippen LogP contribution in [0.15, 0.2) is 24.3 Å². The molecule has 1 rings (SSSR count). The lowest BCUT2D eigenvalue weighted by atomic mass is 10.2. The van der Waals surface area contributed by atoms with Gasteiger partial charge in [0.25, 0.3) is 0 Å². The maximum absolute atomic E-state index is 7.52. The Bertz CT molecular complexity index is 302. The minimum absolute atomic E-state index is 0. The topological polar surface area (TPSA) is 42.3 Å². The van der Waals surface area contributed by atoms with Gasteiger partial charge in [-0.3, -0.25) is 5.41 Å². The van der Waals surface area contributed by atoms with Gasteiger partial charge >= 0.3 is 0 Å². The molecular weight excluding hydrogens is 202 g/mol. The van der Waals surface area contributed by atoms with Crippen LogP contribution in [-0.4, -0.2) is 19.6 Å². The smallest absolute Gasteiger partial charge is 0.213 e. The molecule has 0 saturated carbocycles. The summed E-state index contributed by atoms with van der Waals surface area (Å²) in [6.45, 7) is 2.37. The highest BCUT2D eigenvalue weighted by molar-refractivity contribution is 5.91. The molecule has 0 unspecified atom stereocenters. The van der Waals surface area contributed by atoms with Crippen LogP contribution < -0.4 is 4.74 Å². The maximum Gasteiger partial charge on any atom is 0.213 e. The lowest BCUT2D eigenvalue weighted by Gasteiger charge is -2.05. The number of halogens is 1. The van der Waals surface area contributed by atoms with E-state index in [0.29, 0.717) is 6.61 Å². The zero-order valence-electron chi connectivity index (χ0n) is 8.24. The third-order valence-electron chi connectivity index (χ3n) is 1.62. The predicted molar refractivity (Wildman–Crippen MR) is 58.7 cm³/mol. The number of ether oxygens (including phenoxy) is 2. The number of benzene rings is 1. The summed E-state index contributed by atoms with van der Waals surface area (Å²) in [6.07, 6.45) is 0. The molecule has 0 aliphatic carbocycles. The van der Waals surface area contributed by atoms with E-state index in [4.69, 9.17) is 14.9 Å². The SMILES string of the molecule is CCOC(=N)c1cccc(OC)c1.Cl. The third-order valence-corrected chi connectivity index (χ3v) is 1.62. The van der Waals surface area contributed by atoms with Crippen molar-refractivity contribution in [1.29, 1.82) is 5.41 Å². The van der Waals surface area contributed by atoms with Crippen LogP contribution in [0.5, 0.6) is 5.75 Å². The zero-order chi connectivity index (χ0) is 9.68. The first-order valence-electron chi connectivity index (χ1n) is 4.13. The molecule has 0 amide bonds. The highest BCUT2D eigenvalue weighted by atomic mass is 35.5. The second-order valence-corrected chi connectivity index (χ2v) is 2.49. The summed E-state index contributed by atoms with van der Waals surface area (Å²) in [5.41, 5.74) is 0.737. The van der Waals surface area contributed by atoms with Gasteiger partial charge in [-0.1, -0.05) is 6.07 Å². The minimum atomic E-state index is 0. The molecular formula is C10H14ClNO2. The average molecular weight is 216 g/mol. The number of hydrogen-bond acceptors (Lipinski definition) is 3. The van der Waals surface area contributed by atoms with Crippen molar-refractivity contribution < 1.29 is 9.47 Å². The summed E-state index contributed by atoms with van der Waals surface area (Å²) in [5, 5.41) is 7.52. The van der Waals surface area contributed by atoms with Crippen molar-refractivity contribution in [2.45, 2.75) is 6.92 Å². The van der Waals surface area contributed by atoms with Crippen LogP contribution in [0.4, 0.5) is 0 Å². The molecule has 0 bridgehead atoms. The van der Waals surface area contributed by atoms with Crippen LogP contribution in [0, 0.1) is 5.41 Å². The largest absolute Gasteiger partial charge is 0.497 e. The van der Waals surface area contributed by atoms with Crippen molar-refractivity contribution in [2.24, 2.45) is 0 Å². The fraction of sp³-hybridized carbons (Fsp3) is 0.300. The van der Waals surface area contributed by atoms with Crippen molar-refractivity contribution in [3.8, 4) is 5.75 Å². The van der Waals surface area contributed by atoms with Crippen LogP contribution in [0.25, 0.3) is 0 Å². The number of nitrogens with one attached hydrogen (secondary N) is 1. The van der Waals surface area contributed by atoms with E-state index in [2.05, 4.69) is 0 Å². The zero-order valence-corrected chi connectivity index (χ0v) is 9.06. The van der Waals surface area contributed by atoms with Crippen molar-refractivity contribution >= 4 is 18.3 Å². The number of hydrogen-bond donors (Lipinski definition) is 1. The molecule has 14 heavy (non-hydrogen) atoms. The molecule has 4 heteroatoms. The molecule has 0 atom stereocenters. The molecule has 0 spiro atoms. The second kappa shape index (κ2) is 6.27. The van der Waals surface area contributed by atoms with Crippen molar-refractivity contribution in [2.75, 3.05) is 13.7 Å². The Morgan fingerprint density at radius 2 is 2.14 bits per heavy atom. The molecule has 0 aliphatic rings. The van der Waals surface area contributed by atoms with Gasteiger partial charge < -0.3 is 9.47 Å². The lowest BCUT2D eigenvalue weighted by molar-refractivity contribution is 0.325. The Kier molecular flexibility index (Phi) is 5.72. The van der Waals surface area contributed by atoms with Crippen molar-refractivity contribution in [3.63, 3.8) is 0 Å². The fourth-order valence-electron chi connectivity index (χ4n) is 0.992. The predicted octanol–water partition coefficient (Wildman–Crippen LogP) is 2.48. The van der Waals surface area contributed by atoms with E-state index in [-0.39, 0.29) is 18.3 Å². The highest BCUT2D eigenvalue weighted by Gasteiger charge is 2.01. The molecule has 0 aliphatic heterocycles. The van der Waals surface area contributed by atoms with Crippen LogP contribution in [0.2, 0.25) is 0 Å². The summed E-state index contributed by atoms with van der Waals surface area (Å²) in [6, 6.07) is 7.27. The highest BCUT2D eigenvalue weighted by Crippen LogP contribution is 2.13. The summed E-state index contributed by atoms with van der Waals surface area (Å²) >= 11 is 0. The first kappa shape index (κ1) is 12.8. The van der Waals surface area contributed by atoms with E-state index in [1.165, 1.54) is 0 Å². The summed E-state index contributed by atoms with van der Waals surface area (Å²) in [5.74, 6) is 0.920. The second-order valence-electron chi connectivity index (χ2n) is 2.49. The first-order valence-corrected chi connectivity index (χ1v) is 4.13. The van der Waals surface area contributed by atoms with Crippen LogP contribution in [0.3, 0.4) is 0 Å². The summed E-state index contributed by atoms with van der Waals surface area (Å²) in [4.78, 5) is 0. The van der Waals surface area contributed by atoms with Crippen LogP contribution in [0.1, 0.15) is 12.5 Å². The van der Waals surface area contributed by atoms with E-state index in [0.717, 1.165) is 11.3 Å². The Labute approximate surface area is 90.0 Å². The van der Waals surface area contributed by atoms with Gasteiger partial charge in [-0.15, -0.1) is 12.4 Å². The molecule has 0 aromatic heterocycles. The minimum Gasteiger partial charge on any atom is -0.497 e. The van der Waals surface area contributed by atoms with E-state index in [1.807, 2.05) is 25.1 Å². The van der Waals surface area contributed by atoms with E-state index in [1.54, 1.807) is 13.2 Å². The summed E-state index contributed by atoms with van der Waals surface area (Å²) < 4.78 is 10.1. The van der Waals surface area contributed by atoms with Gasteiger partial charge in [-0.05, 0) is 25.1 Å². The first-order chi connectivity index (χ1) is 6.27. The van der Waals surface area contributed by atoms with Gasteiger partial charge in [0.2, 0.25) is 5.90 Å². The van der Waals surface area contributed by atoms with Gasteiger partial charge in [-0.2, -0.15) is 0 Å². The Morgan fingerprint density at radius 1 is 1.43 bits per heavy atom. The van der Waals surface area contributed by atoms with Crippen LogP contribution >= 0.6 is 12.4 Å². The molecule has 0 saturated heterocycles. The Hall–Kier alpha value is -1.22. The van der Waals surface area contributed by atoms with Crippen molar-refractivity contribution in [1.82, 2.24) is 0 Å². The Morgan fingerprint density at radius 3 is 2.71 bits per heavy atom. The molecule has 1 aromatic carbocycles. The van der Waals surface area contributed by atoms with Gasteiger partial charge in [0.15, 0.2) is 0 Å². The quantitative estimate of drug-likeness (QED) is 0.622. The third kappa shape index (κ3) is 3.26. The fourth-order valence-corrected chi connectivity index (χ4v) is 0.992. The normalized spacial score (nSPS) is 8.71. The standard InChI is InChI=1S/C10H13NO2.ClH/c1-3-13-10(11)8-5-4-6-9(7-8)12-2;/h4-7,11H,3H2,1-2H3;1H. The Balaban J connectivity index is 0.00000169. The molecule has 0 radical (unpaired) electrons. The van der Waals surface area contributed by atoms with E-state index >= 15 is 0 Å². The van der Waals surface area contributed by atoms with Crippen LogP contribution in [-0.2, 0) is 4.74 Å². The molecule has 1 N–H and O–H groups in total. The molecule has 3 nitrogen and oxygen atoms in total. The number of methoxy groups -OCH3 is 1. The molecule has 1 aromatic rings. The molecule has 0 heterocycles. The van der Waals surface area contributed by atoms with Gasteiger partial charge in [0.1, 0.15) is 5.75 Å². The van der Waals surface area contributed by atoms with Gasteiger partial charge in [0.05, 0.1) is 13.7 Å². The average Bonchev–Trinajstić information content (AvgIpc) is 2.18. The molecule has 0 fully saturated rings. The van der Waals surface area contributed by atoms with Gasteiger partial charge in [-0.25, -0.2) is 0 Å². The molecule has 78 valence electrons. The van der Waals surface area contributed by atoms with Gasteiger partial charge in [0, 0.05) is 5.56 Å². The maximum atomic E-state index is 7.52. The monoisotopic (exact) mass is 215 g/mol. The number of rotatable bonds is 3. The summed E-state index contributed by atoms with van der Waals surface area (Å²) in [7, 11) is 1.60.